The first-order valence-corrected chi connectivity index (χ1v) is 5.94. The molecule has 0 spiro atoms. The monoisotopic (exact) mass is 264 g/mol. The van der Waals surface area contributed by atoms with Gasteiger partial charge in [0.2, 0.25) is 6.29 Å². The van der Waals surface area contributed by atoms with Crippen molar-refractivity contribution in [2.24, 2.45) is 0 Å². The van der Waals surface area contributed by atoms with Gasteiger partial charge in [0.15, 0.2) is 11.5 Å². The van der Waals surface area contributed by atoms with E-state index in [9.17, 15) is 4.39 Å². The molecule has 1 aliphatic rings. The van der Waals surface area contributed by atoms with E-state index in [-0.39, 0.29) is 5.82 Å². The van der Waals surface area contributed by atoms with Gasteiger partial charge in [0, 0.05) is 23.6 Å². The summed E-state index contributed by atoms with van der Waals surface area (Å²) >= 11 is 5.84. The second-order valence-electron chi connectivity index (χ2n) is 4.09. The molecule has 0 N–H and O–H groups in total. The fraction of sp³-hybridized carbons (Fsp3) is 0.143. The molecule has 0 saturated heterocycles. The summed E-state index contributed by atoms with van der Waals surface area (Å²) in [6, 6.07) is 9.93. The predicted octanol–water partition coefficient (Wildman–Crippen LogP) is 4.26. The normalized spacial score (nSPS) is 16.9. The molecule has 1 aliphatic heterocycles. The van der Waals surface area contributed by atoms with Gasteiger partial charge in [-0.1, -0.05) is 23.7 Å². The van der Waals surface area contributed by atoms with Crippen molar-refractivity contribution in [3.05, 3.63) is 47.2 Å². The lowest BCUT2D eigenvalue weighted by Crippen LogP contribution is -2.11. The van der Waals surface area contributed by atoms with Gasteiger partial charge in [-0.05, 0) is 23.8 Å². The summed E-state index contributed by atoms with van der Waals surface area (Å²) in [5.41, 5.74) is 1.51. The molecule has 18 heavy (non-hydrogen) atoms. The highest BCUT2D eigenvalue weighted by Crippen LogP contribution is 2.43. The number of halogens is 2. The number of hydrogen-bond acceptors (Lipinski definition) is 2. The molecule has 0 fully saturated rings. The molecule has 3 rings (SSSR count). The average molecular weight is 265 g/mol. The van der Waals surface area contributed by atoms with Gasteiger partial charge in [-0.25, -0.2) is 4.39 Å². The Hall–Kier alpha value is -1.74. The van der Waals surface area contributed by atoms with E-state index in [1.807, 2.05) is 12.1 Å². The van der Waals surface area contributed by atoms with Gasteiger partial charge >= 0.3 is 0 Å². The average Bonchev–Trinajstić information content (AvgIpc) is 2.69. The molecule has 0 bridgehead atoms. The van der Waals surface area contributed by atoms with Crippen LogP contribution in [-0.2, 0) is 0 Å². The van der Waals surface area contributed by atoms with Crippen molar-refractivity contribution < 1.29 is 13.9 Å². The Kier molecular flexibility index (Phi) is 2.63. The number of rotatable bonds is 1. The lowest BCUT2D eigenvalue weighted by atomic mass is 10.0. The first kappa shape index (κ1) is 11.4. The topological polar surface area (TPSA) is 18.5 Å². The fourth-order valence-corrected chi connectivity index (χ4v) is 2.12. The van der Waals surface area contributed by atoms with Gasteiger partial charge in [-0.3, -0.25) is 0 Å². The molecule has 0 saturated carbocycles. The van der Waals surface area contributed by atoms with Crippen LogP contribution >= 0.6 is 11.6 Å². The van der Waals surface area contributed by atoms with Gasteiger partial charge < -0.3 is 9.47 Å². The molecule has 0 amide bonds. The van der Waals surface area contributed by atoms with E-state index in [1.165, 1.54) is 12.1 Å². The Morgan fingerprint density at radius 3 is 2.56 bits per heavy atom. The van der Waals surface area contributed by atoms with Crippen LogP contribution in [0.25, 0.3) is 11.1 Å². The molecule has 2 aromatic carbocycles. The molecular formula is C14H10ClFO2. The van der Waals surface area contributed by atoms with Crippen LogP contribution in [0.2, 0.25) is 5.02 Å². The number of ether oxygens (including phenoxy) is 2. The van der Waals surface area contributed by atoms with Crippen LogP contribution in [0.5, 0.6) is 11.5 Å². The summed E-state index contributed by atoms with van der Waals surface area (Å²) in [7, 11) is 0. The van der Waals surface area contributed by atoms with Crippen LogP contribution in [0.4, 0.5) is 4.39 Å². The van der Waals surface area contributed by atoms with Crippen molar-refractivity contribution in [2.45, 2.75) is 13.2 Å². The third-order valence-electron chi connectivity index (χ3n) is 2.75. The van der Waals surface area contributed by atoms with Gasteiger partial charge in [0.25, 0.3) is 0 Å². The fourth-order valence-electron chi connectivity index (χ4n) is 1.99. The first-order valence-electron chi connectivity index (χ1n) is 5.56. The maximum Gasteiger partial charge on any atom is 0.238 e. The number of fused-ring (bicyclic) bond motifs is 1. The van der Waals surface area contributed by atoms with Gasteiger partial charge in [0.1, 0.15) is 5.82 Å². The summed E-state index contributed by atoms with van der Waals surface area (Å²) in [5, 5.41) is 0.636. The zero-order valence-electron chi connectivity index (χ0n) is 9.61. The smallest absolute Gasteiger partial charge is 0.238 e. The van der Waals surface area contributed by atoms with Crippen molar-refractivity contribution in [2.75, 3.05) is 0 Å². The molecule has 0 radical (unpaired) electrons. The zero-order chi connectivity index (χ0) is 12.7. The standard InChI is InChI=1S/C14H10ClFO2/c1-8-17-13-7-11(16)6-12(14(13)18-8)9-2-4-10(15)5-3-9/h2-8H,1H3. The van der Waals surface area contributed by atoms with Gasteiger partial charge in [0.05, 0.1) is 0 Å². The molecule has 1 atom stereocenters. The molecule has 1 unspecified atom stereocenters. The minimum absolute atomic E-state index is 0.351. The van der Waals surface area contributed by atoms with E-state index < -0.39 is 6.29 Å². The lowest BCUT2D eigenvalue weighted by molar-refractivity contribution is 0.0680. The van der Waals surface area contributed by atoms with E-state index in [2.05, 4.69) is 0 Å². The van der Waals surface area contributed by atoms with E-state index in [1.54, 1.807) is 19.1 Å². The van der Waals surface area contributed by atoms with E-state index >= 15 is 0 Å². The SMILES string of the molecule is CC1Oc2cc(F)cc(-c3ccc(Cl)cc3)c2O1. The van der Waals surface area contributed by atoms with Crippen LogP contribution in [0.1, 0.15) is 6.92 Å². The Bertz CT molecular complexity index is 595. The van der Waals surface area contributed by atoms with Crippen LogP contribution in [-0.4, -0.2) is 6.29 Å². The molecule has 1 heterocycles. The zero-order valence-corrected chi connectivity index (χ0v) is 10.4. The third-order valence-corrected chi connectivity index (χ3v) is 3.00. The van der Waals surface area contributed by atoms with Crippen molar-refractivity contribution in [3.8, 4) is 22.6 Å². The Morgan fingerprint density at radius 1 is 1.11 bits per heavy atom. The lowest BCUT2D eigenvalue weighted by Gasteiger charge is -2.07. The number of hydrogen-bond donors (Lipinski definition) is 0. The molecule has 2 aromatic rings. The van der Waals surface area contributed by atoms with Crippen molar-refractivity contribution in [1.29, 1.82) is 0 Å². The Labute approximate surface area is 109 Å². The largest absolute Gasteiger partial charge is 0.451 e. The van der Waals surface area contributed by atoms with Crippen LogP contribution in [0.15, 0.2) is 36.4 Å². The predicted molar refractivity (Wildman–Crippen MR) is 67.6 cm³/mol. The van der Waals surface area contributed by atoms with Gasteiger partial charge in [-0.2, -0.15) is 0 Å². The quantitative estimate of drug-likeness (QED) is 0.766. The highest BCUT2D eigenvalue weighted by Gasteiger charge is 2.25. The van der Waals surface area contributed by atoms with Crippen molar-refractivity contribution in [3.63, 3.8) is 0 Å². The van der Waals surface area contributed by atoms with Crippen molar-refractivity contribution in [1.82, 2.24) is 0 Å². The number of benzene rings is 2. The van der Waals surface area contributed by atoms with Crippen LogP contribution in [0, 0.1) is 5.82 Å². The second kappa shape index (κ2) is 4.18. The highest BCUT2D eigenvalue weighted by atomic mass is 35.5. The maximum atomic E-state index is 13.6. The third kappa shape index (κ3) is 1.91. The Morgan fingerprint density at radius 2 is 1.83 bits per heavy atom. The summed E-state index contributed by atoms with van der Waals surface area (Å²) in [6.45, 7) is 1.77. The minimum atomic E-state index is -0.396. The van der Waals surface area contributed by atoms with E-state index in [0.717, 1.165) is 5.56 Å². The Balaban J connectivity index is 2.15. The summed E-state index contributed by atoms with van der Waals surface area (Å²) in [6.07, 6.45) is -0.396. The molecular weight excluding hydrogens is 255 g/mol. The first-order chi connectivity index (χ1) is 8.63. The van der Waals surface area contributed by atoms with Crippen LogP contribution < -0.4 is 9.47 Å². The maximum absolute atomic E-state index is 13.6. The van der Waals surface area contributed by atoms with E-state index in [0.29, 0.717) is 22.1 Å². The molecule has 4 heteroatoms. The van der Waals surface area contributed by atoms with Crippen LogP contribution in [0.3, 0.4) is 0 Å². The molecule has 0 aromatic heterocycles. The van der Waals surface area contributed by atoms with Crippen molar-refractivity contribution >= 4 is 11.6 Å². The minimum Gasteiger partial charge on any atom is -0.451 e. The van der Waals surface area contributed by atoms with Gasteiger partial charge in [-0.15, -0.1) is 0 Å². The summed E-state index contributed by atoms with van der Waals surface area (Å²) < 4.78 is 24.5. The summed E-state index contributed by atoms with van der Waals surface area (Å²) in [5.74, 6) is 0.662. The second-order valence-corrected chi connectivity index (χ2v) is 4.53. The molecule has 0 aliphatic carbocycles. The summed E-state index contributed by atoms with van der Waals surface area (Å²) in [4.78, 5) is 0. The van der Waals surface area contributed by atoms with E-state index in [4.69, 9.17) is 21.1 Å². The molecule has 92 valence electrons. The molecule has 2 nitrogen and oxygen atoms in total. The highest BCUT2D eigenvalue weighted by molar-refractivity contribution is 6.30.